The number of ether oxygens (including phenoxy) is 1. The fourth-order valence-corrected chi connectivity index (χ4v) is 3.72. The van der Waals surface area contributed by atoms with Gasteiger partial charge in [-0.25, -0.2) is 9.97 Å². The summed E-state index contributed by atoms with van der Waals surface area (Å²) < 4.78 is 7.69. The van der Waals surface area contributed by atoms with Gasteiger partial charge in [0.2, 0.25) is 5.88 Å². The molecule has 4 aromatic heterocycles. The van der Waals surface area contributed by atoms with Gasteiger partial charge >= 0.3 is 0 Å². The SMILES string of the molecule is CCOc1ncccc1C(C)(C)c1cc(NCc2cc(C)n(C)n2)c2n[nH]c(C)c2n1. The summed E-state index contributed by atoms with van der Waals surface area (Å²) in [4.78, 5) is 9.43. The zero-order chi connectivity index (χ0) is 22.2. The molecule has 0 aromatic carbocycles. The van der Waals surface area contributed by atoms with Gasteiger partial charge < -0.3 is 10.1 Å². The average molecular weight is 420 g/mol. The quantitative estimate of drug-likeness (QED) is 0.470. The largest absolute Gasteiger partial charge is 0.478 e. The van der Waals surface area contributed by atoms with Crippen LogP contribution in [0.4, 0.5) is 5.69 Å². The van der Waals surface area contributed by atoms with Crippen LogP contribution in [0.15, 0.2) is 30.5 Å². The van der Waals surface area contributed by atoms with Gasteiger partial charge in [-0.05, 0) is 52.8 Å². The van der Waals surface area contributed by atoms with Crippen molar-refractivity contribution in [3.63, 3.8) is 0 Å². The van der Waals surface area contributed by atoms with Crippen molar-refractivity contribution in [2.75, 3.05) is 11.9 Å². The molecule has 0 atom stereocenters. The molecule has 0 unspecified atom stereocenters. The van der Waals surface area contributed by atoms with Crippen molar-refractivity contribution in [1.29, 1.82) is 0 Å². The van der Waals surface area contributed by atoms with Crippen LogP contribution in [-0.4, -0.2) is 36.6 Å². The number of rotatable bonds is 7. The topological polar surface area (TPSA) is 93.5 Å². The number of hydrogen-bond acceptors (Lipinski definition) is 6. The summed E-state index contributed by atoms with van der Waals surface area (Å²) in [5, 5.41) is 15.6. The van der Waals surface area contributed by atoms with E-state index in [0.717, 1.165) is 45.1 Å². The lowest BCUT2D eigenvalue weighted by molar-refractivity contribution is 0.317. The highest BCUT2D eigenvalue weighted by Gasteiger charge is 2.30. The lowest BCUT2D eigenvalue weighted by atomic mass is 9.81. The van der Waals surface area contributed by atoms with Gasteiger partial charge in [-0.15, -0.1) is 0 Å². The first-order chi connectivity index (χ1) is 14.8. The number of hydrogen-bond donors (Lipinski definition) is 2. The summed E-state index contributed by atoms with van der Waals surface area (Å²) in [6, 6.07) is 8.14. The van der Waals surface area contributed by atoms with E-state index < -0.39 is 5.41 Å². The summed E-state index contributed by atoms with van der Waals surface area (Å²) in [5.74, 6) is 0.638. The molecular formula is C23H29N7O. The molecule has 8 heteroatoms. The number of nitrogens with zero attached hydrogens (tertiary/aromatic N) is 5. The summed E-state index contributed by atoms with van der Waals surface area (Å²) in [6.45, 7) is 11.4. The Morgan fingerprint density at radius 1 is 1.19 bits per heavy atom. The number of H-pyrrole nitrogens is 1. The number of aryl methyl sites for hydroxylation is 3. The zero-order valence-corrected chi connectivity index (χ0v) is 18.9. The lowest BCUT2D eigenvalue weighted by Gasteiger charge is -2.27. The van der Waals surface area contributed by atoms with E-state index in [-0.39, 0.29) is 0 Å². The Hall–Kier alpha value is -3.42. The Morgan fingerprint density at radius 2 is 2.00 bits per heavy atom. The van der Waals surface area contributed by atoms with Gasteiger partial charge in [-0.3, -0.25) is 9.78 Å². The summed E-state index contributed by atoms with van der Waals surface area (Å²) >= 11 is 0. The van der Waals surface area contributed by atoms with Gasteiger partial charge in [0.05, 0.1) is 35.9 Å². The van der Waals surface area contributed by atoms with E-state index in [4.69, 9.17) is 9.72 Å². The van der Waals surface area contributed by atoms with Crippen molar-refractivity contribution in [3.05, 3.63) is 58.8 Å². The Bertz CT molecular complexity index is 1200. The normalized spacial score (nSPS) is 11.8. The molecule has 0 amide bonds. The molecule has 4 rings (SSSR count). The minimum Gasteiger partial charge on any atom is -0.478 e. The third-order valence-electron chi connectivity index (χ3n) is 5.67. The van der Waals surface area contributed by atoms with Gasteiger partial charge in [0.1, 0.15) is 11.0 Å². The molecule has 4 heterocycles. The Labute approximate surface area is 182 Å². The summed E-state index contributed by atoms with van der Waals surface area (Å²) in [6.07, 6.45) is 1.75. The number of aromatic nitrogens is 6. The monoisotopic (exact) mass is 419 g/mol. The third kappa shape index (κ3) is 3.85. The van der Waals surface area contributed by atoms with Gasteiger partial charge in [-0.2, -0.15) is 10.2 Å². The van der Waals surface area contributed by atoms with Crippen molar-refractivity contribution < 1.29 is 4.74 Å². The third-order valence-corrected chi connectivity index (χ3v) is 5.67. The highest BCUT2D eigenvalue weighted by Crippen LogP contribution is 2.38. The maximum Gasteiger partial charge on any atom is 0.217 e. The standard InChI is InChI=1S/C23H29N7O/c1-7-31-22-17(9-8-10-24-22)23(4,5)19-12-18(21-20(26-19)15(3)27-28-21)25-13-16-11-14(2)30(6)29-16/h8-12H,7,13H2,1-6H3,(H,25,26)(H,27,28). The van der Waals surface area contributed by atoms with Crippen LogP contribution in [0.3, 0.4) is 0 Å². The predicted octanol–water partition coefficient (Wildman–Crippen LogP) is 4.04. The fraction of sp³-hybridized carbons (Fsp3) is 0.391. The minimum atomic E-state index is -0.422. The molecular weight excluding hydrogens is 390 g/mol. The van der Waals surface area contributed by atoms with E-state index in [1.165, 1.54) is 0 Å². The first-order valence-corrected chi connectivity index (χ1v) is 10.5. The fourth-order valence-electron chi connectivity index (χ4n) is 3.72. The van der Waals surface area contributed by atoms with Crippen molar-refractivity contribution in [3.8, 4) is 5.88 Å². The van der Waals surface area contributed by atoms with Gasteiger partial charge in [-0.1, -0.05) is 6.07 Å². The van der Waals surface area contributed by atoms with Crippen molar-refractivity contribution in [2.45, 2.75) is 46.6 Å². The van der Waals surface area contributed by atoms with E-state index in [9.17, 15) is 0 Å². The Kier molecular flexibility index (Phi) is 5.39. The van der Waals surface area contributed by atoms with Crippen LogP contribution < -0.4 is 10.1 Å². The maximum absolute atomic E-state index is 5.81. The van der Waals surface area contributed by atoms with E-state index in [1.807, 2.05) is 38.6 Å². The highest BCUT2D eigenvalue weighted by molar-refractivity contribution is 5.89. The maximum atomic E-state index is 5.81. The first kappa shape index (κ1) is 20.8. The summed E-state index contributed by atoms with van der Waals surface area (Å²) in [5.41, 5.74) is 7.11. The van der Waals surface area contributed by atoms with Crippen LogP contribution in [-0.2, 0) is 19.0 Å². The second-order valence-corrected chi connectivity index (χ2v) is 8.27. The highest BCUT2D eigenvalue weighted by atomic mass is 16.5. The second kappa shape index (κ2) is 8.02. The Balaban J connectivity index is 1.77. The first-order valence-electron chi connectivity index (χ1n) is 10.5. The van der Waals surface area contributed by atoms with Gasteiger partial charge in [0, 0.05) is 29.9 Å². The molecule has 4 aromatic rings. The smallest absolute Gasteiger partial charge is 0.217 e. The van der Waals surface area contributed by atoms with Crippen molar-refractivity contribution >= 4 is 16.7 Å². The molecule has 8 nitrogen and oxygen atoms in total. The minimum absolute atomic E-state index is 0.422. The second-order valence-electron chi connectivity index (χ2n) is 8.27. The molecule has 0 aliphatic rings. The average Bonchev–Trinajstić information content (AvgIpc) is 3.28. The van der Waals surface area contributed by atoms with E-state index in [0.29, 0.717) is 19.0 Å². The Morgan fingerprint density at radius 3 is 2.71 bits per heavy atom. The molecule has 0 aliphatic carbocycles. The van der Waals surface area contributed by atoms with E-state index in [1.54, 1.807) is 6.20 Å². The van der Waals surface area contributed by atoms with E-state index in [2.05, 4.69) is 57.6 Å². The van der Waals surface area contributed by atoms with Crippen LogP contribution in [0, 0.1) is 13.8 Å². The lowest BCUT2D eigenvalue weighted by Crippen LogP contribution is -2.22. The number of fused-ring (bicyclic) bond motifs is 1. The van der Waals surface area contributed by atoms with Gasteiger partial charge in [0.25, 0.3) is 0 Å². The molecule has 31 heavy (non-hydrogen) atoms. The molecule has 2 N–H and O–H groups in total. The van der Waals surface area contributed by atoms with Crippen LogP contribution >= 0.6 is 0 Å². The summed E-state index contributed by atoms with van der Waals surface area (Å²) in [7, 11) is 1.95. The predicted molar refractivity (Wildman–Crippen MR) is 121 cm³/mol. The van der Waals surface area contributed by atoms with Crippen molar-refractivity contribution in [2.24, 2.45) is 7.05 Å². The molecule has 0 saturated carbocycles. The molecule has 0 aliphatic heterocycles. The number of anilines is 1. The molecule has 0 radical (unpaired) electrons. The van der Waals surface area contributed by atoms with Crippen molar-refractivity contribution in [1.82, 2.24) is 29.9 Å². The van der Waals surface area contributed by atoms with Gasteiger partial charge in [0.15, 0.2) is 0 Å². The molecule has 0 spiro atoms. The number of nitrogens with one attached hydrogen (secondary N) is 2. The zero-order valence-electron chi connectivity index (χ0n) is 18.9. The molecule has 162 valence electrons. The van der Waals surface area contributed by atoms with Crippen LogP contribution in [0.5, 0.6) is 5.88 Å². The molecule has 0 saturated heterocycles. The number of pyridine rings is 2. The van der Waals surface area contributed by atoms with Crippen LogP contribution in [0.25, 0.3) is 11.0 Å². The molecule has 0 bridgehead atoms. The van der Waals surface area contributed by atoms with E-state index >= 15 is 0 Å². The van der Waals surface area contributed by atoms with Crippen LogP contribution in [0.1, 0.15) is 49.1 Å². The molecule has 0 fully saturated rings. The number of aromatic amines is 1. The van der Waals surface area contributed by atoms with Crippen LogP contribution in [0.2, 0.25) is 0 Å².